The van der Waals surface area contributed by atoms with Gasteiger partial charge in [0.25, 0.3) is 5.91 Å². The van der Waals surface area contributed by atoms with Crippen LogP contribution in [-0.4, -0.2) is 84.1 Å². The maximum atomic E-state index is 12.7. The summed E-state index contributed by atoms with van der Waals surface area (Å²) in [7, 11) is 0. The Bertz CT molecular complexity index is 826. The number of hydrogen-bond acceptors (Lipinski definition) is 6. The van der Waals surface area contributed by atoms with Crippen LogP contribution in [0.4, 0.5) is 13.2 Å². The normalized spacial score (nSPS) is 27.6. The minimum Gasteiger partial charge on any atom is -0.475 e. The van der Waals surface area contributed by atoms with Crippen LogP contribution in [0.15, 0.2) is 17.0 Å². The molecule has 2 saturated heterocycles. The number of ether oxygens (including phenoxy) is 1. The third-order valence-electron chi connectivity index (χ3n) is 7.06. The second kappa shape index (κ2) is 9.61. The van der Waals surface area contributed by atoms with E-state index in [4.69, 9.17) is 19.2 Å². The second-order valence-corrected chi connectivity index (χ2v) is 9.87. The molecule has 33 heavy (non-hydrogen) atoms. The first kappa shape index (κ1) is 24.0. The number of carbonyl (C=O) groups is 2. The number of carbonyl (C=O) groups excluding carboxylic acids is 1. The van der Waals surface area contributed by atoms with Gasteiger partial charge in [0, 0.05) is 50.7 Å². The molecule has 184 valence electrons. The summed E-state index contributed by atoms with van der Waals surface area (Å²) in [6.45, 7) is 6.95. The topological polar surface area (TPSA) is 96.1 Å². The smallest absolute Gasteiger partial charge is 0.475 e. The van der Waals surface area contributed by atoms with Crippen molar-refractivity contribution >= 4 is 11.9 Å². The maximum Gasteiger partial charge on any atom is 0.490 e. The zero-order chi connectivity index (χ0) is 23.6. The number of nitrogens with zero attached hydrogens (tertiary/aromatic N) is 3. The molecule has 4 aliphatic rings. The number of amides is 1. The Morgan fingerprint density at radius 3 is 2.45 bits per heavy atom. The molecule has 1 aromatic rings. The molecule has 3 heterocycles. The second-order valence-electron chi connectivity index (χ2n) is 9.87. The van der Waals surface area contributed by atoms with Crippen molar-refractivity contribution in [1.29, 1.82) is 0 Å². The molecule has 1 spiro atoms. The Kier molecular flexibility index (Phi) is 6.99. The fourth-order valence-electron chi connectivity index (χ4n) is 4.86. The standard InChI is InChI=1S/C20H29N3O3.C2HF3O2/c24-19(17-7-21-26-11-17)23-6-5-20(14-23)13-22(8-15-1-2-15)9-18(20)12-25-10-16-3-4-16;3-2(4,5)1(6)7/h7,11,15-16,18H,1-6,8-10,12-14H2;(H,6,7)/t18-,20+;/m0./s1. The van der Waals surface area contributed by atoms with Gasteiger partial charge >= 0.3 is 12.1 Å². The molecule has 4 fully saturated rings. The highest BCUT2D eigenvalue weighted by Crippen LogP contribution is 2.46. The summed E-state index contributed by atoms with van der Waals surface area (Å²) in [5, 5.41) is 10.8. The molecule has 0 aromatic carbocycles. The van der Waals surface area contributed by atoms with Gasteiger partial charge in [-0.15, -0.1) is 0 Å². The lowest BCUT2D eigenvalue weighted by atomic mass is 9.77. The highest BCUT2D eigenvalue weighted by atomic mass is 19.4. The van der Waals surface area contributed by atoms with Crippen molar-refractivity contribution in [1.82, 2.24) is 15.0 Å². The Hall–Kier alpha value is -2.14. The molecule has 5 rings (SSSR count). The fourth-order valence-corrected chi connectivity index (χ4v) is 4.86. The van der Waals surface area contributed by atoms with Crippen LogP contribution in [0.25, 0.3) is 0 Å². The van der Waals surface area contributed by atoms with Crippen LogP contribution in [0.2, 0.25) is 0 Å². The highest BCUT2D eigenvalue weighted by Gasteiger charge is 2.52. The van der Waals surface area contributed by atoms with Crippen molar-refractivity contribution in [3.63, 3.8) is 0 Å². The van der Waals surface area contributed by atoms with Gasteiger partial charge in [-0.2, -0.15) is 13.2 Å². The first-order valence-electron chi connectivity index (χ1n) is 11.5. The maximum absolute atomic E-state index is 12.7. The third kappa shape index (κ3) is 6.26. The van der Waals surface area contributed by atoms with Crippen LogP contribution in [0.1, 0.15) is 42.5 Å². The summed E-state index contributed by atoms with van der Waals surface area (Å²) in [4.78, 5) is 26.3. The van der Waals surface area contributed by atoms with Crippen molar-refractivity contribution < 1.29 is 37.1 Å². The van der Waals surface area contributed by atoms with Crippen molar-refractivity contribution in [2.24, 2.45) is 23.2 Å². The lowest BCUT2D eigenvalue weighted by molar-refractivity contribution is -0.192. The van der Waals surface area contributed by atoms with E-state index in [1.165, 1.54) is 44.7 Å². The predicted molar refractivity (Wildman–Crippen MR) is 109 cm³/mol. The molecular formula is C22H30F3N3O5. The SMILES string of the molecule is O=C(O)C(F)(F)F.O=C(c1cnoc1)N1CC[C@@]2(CN(CC3CC3)C[C@H]2COCC2CC2)C1. The zero-order valence-electron chi connectivity index (χ0n) is 18.4. The molecule has 11 heteroatoms. The minimum atomic E-state index is -5.08. The van der Waals surface area contributed by atoms with Crippen LogP contribution in [-0.2, 0) is 9.53 Å². The van der Waals surface area contributed by atoms with Crippen LogP contribution >= 0.6 is 0 Å². The van der Waals surface area contributed by atoms with E-state index in [-0.39, 0.29) is 11.3 Å². The number of aromatic nitrogens is 1. The number of likely N-dealkylation sites (tertiary alicyclic amines) is 2. The first-order valence-corrected chi connectivity index (χ1v) is 11.5. The van der Waals surface area contributed by atoms with Gasteiger partial charge < -0.3 is 24.2 Å². The molecule has 2 atom stereocenters. The summed E-state index contributed by atoms with van der Waals surface area (Å²) in [5.41, 5.74) is 0.766. The van der Waals surface area contributed by atoms with E-state index in [0.717, 1.165) is 57.6 Å². The predicted octanol–water partition coefficient (Wildman–Crippen LogP) is 2.91. The van der Waals surface area contributed by atoms with Gasteiger partial charge in [-0.1, -0.05) is 5.16 Å². The van der Waals surface area contributed by atoms with E-state index in [1.807, 2.05) is 4.90 Å². The monoisotopic (exact) mass is 473 g/mol. The van der Waals surface area contributed by atoms with Crippen molar-refractivity contribution in [3.8, 4) is 0 Å². The number of halogens is 3. The van der Waals surface area contributed by atoms with E-state index >= 15 is 0 Å². The molecule has 1 amide bonds. The zero-order valence-corrected chi connectivity index (χ0v) is 18.4. The van der Waals surface area contributed by atoms with Crippen molar-refractivity contribution in [3.05, 3.63) is 18.0 Å². The summed E-state index contributed by atoms with van der Waals surface area (Å²) in [6, 6.07) is 0. The van der Waals surface area contributed by atoms with E-state index in [0.29, 0.717) is 11.5 Å². The minimum absolute atomic E-state index is 0.0569. The molecule has 2 saturated carbocycles. The molecule has 2 aliphatic heterocycles. The Labute approximate surface area is 190 Å². The van der Waals surface area contributed by atoms with Gasteiger partial charge in [0.15, 0.2) is 0 Å². The van der Waals surface area contributed by atoms with Gasteiger partial charge in [-0.3, -0.25) is 4.79 Å². The molecule has 0 radical (unpaired) electrons. The highest BCUT2D eigenvalue weighted by molar-refractivity contribution is 5.93. The van der Waals surface area contributed by atoms with Gasteiger partial charge in [-0.05, 0) is 43.9 Å². The van der Waals surface area contributed by atoms with Crippen molar-refractivity contribution in [2.45, 2.75) is 38.3 Å². The van der Waals surface area contributed by atoms with Gasteiger partial charge in [0.2, 0.25) is 0 Å². The largest absolute Gasteiger partial charge is 0.490 e. The van der Waals surface area contributed by atoms with Crippen LogP contribution in [0.5, 0.6) is 0 Å². The molecule has 0 bridgehead atoms. The molecule has 0 unspecified atom stereocenters. The quantitative estimate of drug-likeness (QED) is 0.651. The molecule has 1 aromatic heterocycles. The van der Waals surface area contributed by atoms with E-state index < -0.39 is 12.1 Å². The average molecular weight is 473 g/mol. The van der Waals surface area contributed by atoms with Crippen LogP contribution < -0.4 is 0 Å². The Morgan fingerprint density at radius 2 is 1.88 bits per heavy atom. The Morgan fingerprint density at radius 1 is 1.18 bits per heavy atom. The van der Waals surface area contributed by atoms with Crippen LogP contribution in [0, 0.1) is 23.2 Å². The lowest BCUT2D eigenvalue weighted by Crippen LogP contribution is -2.38. The van der Waals surface area contributed by atoms with E-state index in [1.54, 1.807) is 0 Å². The van der Waals surface area contributed by atoms with E-state index in [9.17, 15) is 18.0 Å². The third-order valence-corrected chi connectivity index (χ3v) is 7.06. The van der Waals surface area contributed by atoms with Crippen molar-refractivity contribution in [2.75, 3.05) is 45.9 Å². The van der Waals surface area contributed by atoms with Gasteiger partial charge in [-0.25, -0.2) is 4.79 Å². The van der Waals surface area contributed by atoms with Crippen LogP contribution in [0.3, 0.4) is 0 Å². The Balaban J connectivity index is 0.000000325. The molecule has 8 nitrogen and oxygen atoms in total. The number of alkyl halides is 3. The summed E-state index contributed by atoms with van der Waals surface area (Å²) in [6.07, 6.45) is 4.45. The van der Waals surface area contributed by atoms with Gasteiger partial charge in [0.05, 0.1) is 18.4 Å². The number of hydrogen-bond donors (Lipinski definition) is 1. The summed E-state index contributed by atoms with van der Waals surface area (Å²) < 4.78 is 42.7. The number of rotatable bonds is 7. The lowest BCUT2D eigenvalue weighted by Gasteiger charge is -2.30. The van der Waals surface area contributed by atoms with E-state index in [2.05, 4.69) is 10.1 Å². The molecular weight excluding hydrogens is 443 g/mol. The summed E-state index contributed by atoms with van der Waals surface area (Å²) >= 11 is 0. The number of carboxylic acid groups (broad SMARTS) is 1. The summed E-state index contributed by atoms with van der Waals surface area (Å²) in [5.74, 6) is -0.436. The molecule has 2 aliphatic carbocycles. The molecule has 1 N–H and O–H groups in total. The first-order chi connectivity index (χ1) is 15.7. The van der Waals surface area contributed by atoms with Gasteiger partial charge in [0.1, 0.15) is 6.26 Å². The number of carboxylic acids is 1. The fraction of sp³-hybridized carbons (Fsp3) is 0.773. The number of aliphatic carboxylic acids is 1. The average Bonchev–Trinajstić information content (AvgIpc) is 3.61.